The number of carbonyl (C=O) groups excluding carboxylic acids is 1. The summed E-state index contributed by atoms with van der Waals surface area (Å²) in [4.78, 5) is 16.4. The first-order valence-electron chi connectivity index (χ1n) is 5.46. The Kier molecular flexibility index (Phi) is 4.30. The molecule has 0 saturated heterocycles. The van der Waals surface area contributed by atoms with Gasteiger partial charge >= 0.3 is 0 Å². The Morgan fingerprint density at radius 3 is 2.67 bits per heavy atom. The molecule has 0 aliphatic carbocycles. The van der Waals surface area contributed by atoms with E-state index in [-0.39, 0.29) is 5.78 Å². The van der Waals surface area contributed by atoms with E-state index in [0.717, 1.165) is 20.2 Å². The third kappa shape index (κ3) is 3.06. The molecule has 0 spiro atoms. The summed E-state index contributed by atoms with van der Waals surface area (Å²) >= 11 is 6.78. The van der Waals surface area contributed by atoms with Gasteiger partial charge in [-0.15, -0.1) is 0 Å². The second-order valence-corrected chi connectivity index (χ2v) is 5.71. The SMILES string of the molecule is Cc1cccc(C(=O)Cc2ccc(Br)cn2)c1Br. The van der Waals surface area contributed by atoms with Gasteiger partial charge in [0, 0.05) is 26.4 Å². The molecule has 92 valence electrons. The summed E-state index contributed by atoms with van der Waals surface area (Å²) in [5, 5.41) is 0. The maximum absolute atomic E-state index is 12.2. The molecule has 0 saturated carbocycles. The normalized spacial score (nSPS) is 10.4. The number of aryl methyl sites for hydroxylation is 1. The largest absolute Gasteiger partial charge is 0.294 e. The smallest absolute Gasteiger partial charge is 0.169 e. The zero-order valence-electron chi connectivity index (χ0n) is 9.78. The molecule has 0 bridgehead atoms. The van der Waals surface area contributed by atoms with Gasteiger partial charge in [-0.1, -0.05) is 18.2 Å². The van der Waals surface area contributed by atoms with Crippen LogP contribution < -0.4 is 0 Å². The van der Waals surface area contributed by atoms with Gasteiger partial charge in [0.2, 0.25) is 0 Å². The number of nitrogens with zero attached hydrogens (tertiary/aromatic N) is 1. The van der Waals surface area contributed by atoms with Crippen molar-refractivity contribution in [2.45, 2.75) is 13.3 Å². The summed E-state index contributed by atoms with van der Waals surface area (Å²) in [5.74, 6) is 0.0698. The number of benzene rings is 1. The number of halogens is 2. The highest BCUT2D eigenvalue weighted by atomic mass is 79.9. The Morgan fingerprint density at radius 1 is 1.22 bits per heavy atom. The molecule has 1 aromatic heterocycles. The molecule has 4 heteroatoms. The quantitative estimate of drug-likeness (QED) is 0.754. The molecule has 2 nitrogen and oxygen atoms in total. The number of hydrogen-bond acceptors (Lipinski definition) is 2. The fourth-order valence-corrected chi connectivity index (χ4v) is 2.35. The third-order valence-electron chi connectivity index (χ3n) is 2.62. The van der Waals surface area contributed by atoms with Crippen molar-refractivity contribution >= 4 is 37.6 Å². The average Bonchev–Trinajstić information content (AvgIpc) is 2.35. The van der Waals surface area contributed by atoms with Crippen molar-refractivity contribution < 1.29 is 4.79 Å². The number of aromatic nitrogens is 1. The Labute approximate surface area is 123 Å². The molecule has 0 unspecified atom stereocenters. The molecule has 0 amide bonds. The van der Waals surface area contributed by atoms with Crippen LogP contribution in [0.2, 0.25) is 0 Å². The van der Waals surface area contributed by atoms with Crippen LogP contribution >= 0.6 is 31.9 Å². The van der Waals surface area contributed by atoms with Crippen LogP contribution in [0.25, 0.3) is 0 Å². The predicted molar refractivity (Wildman–Crippen MR) is 78.9 cm³/mol. The van der Waals surface area contributed by atoms with Crippen LogP contribution in [0.4, 0.5) is 0 Å². The number of Topliss-reactive ketones (excluding diaryl/α,β-unsaturated/α-hetero) is 1. The first-order valence-corrected chi connectivity index (χ1v) is 7.05. The van der Waals surface area contributed by atoms with E-state index in [2.05, 4.69) is 36.8 Å². The van der Waals surface area contributed by atoms with Crippen molar-refractivity contribution in [2.24, 2.45) is 0 Å². The van der Waals surface area contributed by atoms with Crippen molar-refractivity contribution in [3.63, 3.8) is 0 Å². The molecular weight excluding hydrogens is 358 g/mol. The van der Waals surface area contributed by atoms with Crippen LogP contribution in [-0.4, -0.2) is 10.8 Å². The second kappa shape index (κ2) is 5.76. The van der Waals surface area contributed by atoms with Crippen molar-refractivity contribution in [3.8, 4) is 0 Å². The Hall–Kier alpha value is -1.000. The van der Waals surface area contributed by atoms with Crippen molar-refractivity contribution in [3.05, 3.63) is 62.3 Å². The molecule has 0 fully saturated rings. The Morgan fingerprint density at radius 2 is 2.00 bits per heavy atom. The molecule has 0 radical (unpaired) electrons. The molecule has 0 aliphatic heterocycles. The number of ketones is 1. The van der Waals surface area contributed by atoms with E-state index in [1.54, 1.807) is 6.20 Å². The fraction of sp³-hybridized carbons (Fsp3) is 0.143. The highest BCUT2D eigenvalue weighted by molar-refractivity contribution is 9.10. The lowest BCUT2D eigenvalue weighted by atomic mass is 10.0. The van der Waals surface area contributed by atoms with Gasteiger partial charge in [0.1, 0.15) is 0 Å². The zero-order valence-corrected chi connectivity index (χ0v) is 13.0. The summed E-state index contributed by atoms with van der Waals surface area (Å²) in [6.45, 7) is 1.97. The number of pyridine rings is 1. The minimum absolute atomic E-state index is 0.0698. The minimum atomic E-state index is 0.0698. The number of carbonyl (C=O) groups is 1. The van der Waals surface area contributed by atoms with Crippen molar-refractivity contribution in [1.29, 1.82) is 0 Å². The number of hydrogen-bond donors (Lipinski definition) is 0. The average molecular weight is 369 g/mol. The van der Waals surface area contributed by atoms with Crippen molar-refractivity contribution in [1.82, 2.24) is 4.98 Å². The topological polar surface area (TPSA) is 30.0 Å². The summed E-state index contributed by atoms with van der Waals surface area (Å²) in [6, 6.07) is 9.44. The van der Waals surface area contributed by atoms with Gasteiger partial charge < -0.3 is 0 Å². The van der Waals surface area contributed by atoms with E-state index < -0.39 is 0 Å². The summed E-state index contributed by atoms with van der Waals surface area (Å²) in [7, 11) is 0. The lowest BCUT2D eigenvalue weighted by molar-refractivity contribution is 0.0991. The summed E-state index contributed by atoms with van der Waals surface area (Å²) in [6.07, 6.45) is 2.02. The van der Waals surface area contributed by atoms with E-state index in [1.807, 2.05) is 37.3 Å². The van der Waals surface area contributed by atoms with Crippen LogP contribution in [0, 0.1) is 6.92 Å². The monoisotopic (exact) mass is 367 g/mol. The van der Waals surface area contributed by atoms with Gasteiger partial charge in [-0.3, -0.25) is 9.78 Å². The first kappa shape index (κ1) is 13.4. The number of rotatable bonds is 3. The lowest BCUT2D eigenvalue weighted by Gasteiger charge is -2.06. The third-order valence-corrected chi connectivity index (χ3v) is 4.14. The molecule has 18 heavy (non-hydrogen) atoms. The highest BCUT2D eigenvalue weighted by Crippen LogP contribution is 2.22. The Balaban J connectivity index is 2.22. The van der Waals surface area contributed by atoms with E-state index in [0.29, 0.717) is 12.0 Å². The lowest BCUT2D eigenvalue weighted by Crippen LogP contribution is -2.06. The van der Waals surface area contributed by atoms with Crippen LogP contribution in [0.3, 0.4) is 0 Å². The van der Waals surface area contributed by atoms with E-state index >= 15 is 0 Å². The molecule has 1 aromatic carbocycles. The van der Waals surface area contributed by atoms with Gasteiger partial charge in [-0.05, 0) is 56.5 Å². The fourth-order valence-electron chi connectivity index (χ4n) is 1.63. The van der Waals surface area contributed by atoms with E-state index in [1.165, 1.54) is 0 Å². The van der Waals surface area contributed by atoms with Gasteiger partial charge in [0.05, 0.1) is 6.42 Å². The van der Waals surface area contributed by atoms with Crippen LogP contribution in [0.1, 0.15) is 21.6 Å². The summed E-state index contributed by atoms with van der Waals surface area (Å²) < 4.78 is 1.78. The molecule has 2 aromatic rings. The predicted octanol–water partition coefficient (Wildman–Crippen LogP) is 4.34. The zero-order chi connectivity index (χ0) is 13.1. The van der Waals surface area contributed by atoms with Crippen molar-refractivity contribution in [2.75, 3.05) is 0 Å². The van der Waals surface area contributed by atoms with E-state index in [9.17, 15) is 4.79 Å². The Bertz CT molecular complexity index is 579. The maximum atomic E-state index is 12.2. The van der Waals surface area contributed by atoms with Gasteiger partial charge in [-0.25, -0.2) is 0 Å². The molecule has 0 aliphatic rings. The minimum Gasteiger partial charge on any atom is -0.294 e. The van der Waals surface area contributed by atoms with Crippen LogP contribution in [0.5, 0.6) is 0 Å². The molecule has 0 atom stereocenters. The van der Waals surface area contributed by atoms with Gasteiger partial charge in [-0.2, -0.15) is 0 Å². The van der Waals surface area contributed by atoms with Crippen LogP contribution in [0.15, 0.2) is 45.5 Å². The summed E-state index contributed by atoms with van der Waals surface area (Å²) in [5.41, 5.74) is 2.54. The standard InChI is InChI=1S/C14H11Br2NO/c1-9-3-2-4-12(14(9)16)13(18)7-11-6-5-10(15)8-17-11/h2-6,8H,7H2,1H3. The molecule has 0 N–H and O–H groups in total. The molecule has 2 rings (SSSR count). The van der Waals surface area contributed by atoms with E-state index in [4.69, 9.17) is 0 Å². The molecule has 1 heterocycles. The maximum Gasteiger partial charge on any atom is 0.169 e. The highest BCUT2D eigenvalue weighted by Gasteiger charge is 2.12. The van der Waals surface area contributed by atoms with Crippen LogP contribution in [-0.2, 0) is 6.42 Å². The van der Waals surface area contributed by atoms with Gasteiger partial charge in [0.15, 0.2) is 5.78 Å². The first-order chi connectivity index (χ1) is 8.58. The second-order valence-electron chi connectivity index (χ2n) is 4.00. The van der Waals surface area contributed by atoms with Gasteiger partial charge in [0.25, 0.3) is 0 Å². The molecular formula is C14H11Br2NO.